The Bertz CT molecular complexity index is 108. The van der Waals surface area contributed by atoms with Crippen LogP contribution in [0.2, 0.25) is 0 Å². The highest BCUT2D eigenvalue weighted by molar-refractivity contribution is 4.82. The van der Waals surface area contributed by atoms with E-state index in [2.05, 4.69) is 5.32 Å². The second-order valence-corrected chi connectivity index (χ2v) is 3.05. The van der Waals surface area contributed by atoms with Crippen LogP contribution in [-0.2, 0) is 4.74 Å². The highest BCUT2D eigenvalue weighted by Gasteiger charge is 2.23. The average molecular weight is 159 g/mol. The van der Waals surface area contributed by atoms with E-state index < -0.39 is 0 Å². The summed E-state index contributed by atoms with van der Waals surface area (Å²) < 4.78 is 4.89. The van der Waals surface area contributed by atoms with Crippen molar-refractivity contribution < 1.29 is 9.84 Å². The molecule has 66 valence electrons. The lowest BCUT2D eigenvalue weighted by Gasteiger charge is -2.15. The molecule has 0 bridgehead atoms. The van der Waals surface area contributed by atoms with Crippen LogP contribution in [0.5, 0.6) is 0 Å². The van der Waals surface area contributed by atoms with Gasteiger partial charge in [0.05, 0.1) is 12.7 Å². The van der Waals surface area contributed by atoms with Gasteiger partial charge >= 0.3 is 0 Å². The Morgan fingerprint density at radius 2 is 2.36 bits per heavy atom. The average Bonchev–Trinajstić information content (AvgIpc) is 2.37. The van der Waals surface area contributed by atoms with Crippen LogP contribution in [0.15, 0.2) is 0 Å². The first-order chi connectivity index (χ1) is 5.34. The van der Waals surface area contributed by atoms with Gasteiger partial charge in [0.15, 0.2) is 0 Å². The summed E-state index contributed by atoms with van der Waals surface area (Å²) in [4.78, 5) is 0. The molecule has 1 aliphatic rings. The molecular formula is C8H17NO2. The van der Waals surface area contributed by atoms with Crippen LogP contribution >= 0.6 is 0 Å². The fourth-order valence-corrected chi connectivity index (χ4v) is 1.52. The SMILES string of the molecule is COCCN[C@H]1CCC[C@@H]1O. The van der Waals surface area contributed by atoms with E-state index in [0.717, 1.165) is 32.4 Å². The first-order valence-corrected chi connectivity index (χ1v) is 4.25. The van der Waals surface area contributed by atoms with Crippen LogP contribution in [0.4, 0.5) is 0 Å². The third-order valence-electron chi connectivity index (χ3n) is 2.19. The van der Waals surface area contributed by atoms with Crippen molar-refractivity contribution in [2.45, 2.75) is 31.4 Å². The summed E-state index contributed by atoms with van der Waals surface area (Å²) in [6, 6.07) is 0.310. The van der Waals surface area contributed by atoms with Gasteiger partial charge in [0, 0.05) is 19.7 Å². The summed E-state index contributed by atoms with van der Waals surface area (Å²) >= 11 is 0. The van der Waals surface area contributed by atoms with E-state index in [1.165, 1.54) is 0 Å². The number of nitrogens with one attached hydrogen (secondary N) is 1. The van der Waals surface area contributed by atoms with Gasteiger partial charge in [-0.1, -0.05) is 0 Å². The maximum atomic E-state index is 9.38. The zero-order valence-corrected chi connectivity index (χ0v) is 7.05. The molecule has 0 aromatic heterocycles. The van der Waals surface area contributed by atoms with Gasteiger partial charge < -0.3 is 15.2 Å². The number of aliphatic hydroxyl groups is 1. The Kier molecular flexibility index (Phi) is 3.83. The highest BCUT2D eigenvalue weighted by Crippen LogP contribution is 2.18. The Labute approximate surface area is 67.7 Å². The van der Waals surface area contributed by atoms with Crippen molar-refractivity contribution in [3.8, 4) is 0 Å². The van der Waals surface area contributed by atoms with Crippen molar-refractivity contribution in [3.63, 3.8) is 0 Å². The second-order valence-electron chi connectivity index (χ2n) is 3.05. The van der Waals surface area contributed by atoms with E-state index in [4.69, 9.17) is 4.74 Å². The third-order valence-corrected chi connectivity index (χ3v) is 2.19. The van der Waals surface area contributed by atoms with E-state index in [0.29, 0.717) is 6.04 Å². The minimum Gasteiger partial charge on any atom is -0.392 e. The topological polar surface area (TPSA) is 41.5 Å². The molecule has 0 unspecified atom stereocenters. The Morgan fingerprint density at radius 3 is 2.91 bits per heavy atom. The number of aliphatic hydroxyl groups excluding tert-OH is 1. The van der Waals surface area contributed by atoms with E-state index in [-0.39, 0.29) is 6.10 Å². The summed E-state index contributed by atoms with van der Waals surface area (Å²) in [6.45, 7) is 1.57. The molecule has 0 aliphatic heterocycles. The van der Waals surface area contributed by atoms with Crippen LogP contribution in [-0.4, -0.2) is 37.5 Å². The van der Waals surface area contributed by atoms with Crippen LogP contribution in [0.3, 0.4) is 0 Å². The summed E-state index contributed by atoms with van der Waals surface area (Å²) in [6.07, 6.45) is 3.06. The number of hydrogen-bond acceptors (Lipinski definition) is 3. The van der Waals surface area contributed by atoms with Crippen molar-refractivity contribution in [1.82, 2.24) is 5.32 Å². The molecule has 0 aromatic rings. The van der Waals surface area contributed by atoms with E-state index in [1.54, 1.807) is 7.11 Å². The van der Waals surface area contributed by atoms with Gasteiger partial charge in [-0.25, -0.2) is 0 Å². The quantitative estimate of drug-likeness (QED) is 0.573. The number of methoxy groups -OCH3 is 1. The van der Waals surface area contributed by atoms with Crippen molar-refractivity contribution in [2.75, 3.05) is 20.3 Å². The van der Waals surface area contributed by atoms with Crippen molar-refractivity contribution in [1.29, 1.82) is 0 Å². The molecule has 2 N–H and O–H groups in total. The lowest BCUT2D eigenvalue weighted by atomic mass is 10.2. The monoisotopic (exact) mass is 159 g/mol. The van der Waals surface area contributed by atoms with Crippen molar-refractivity contribution in [3.05, 3.63) is 0 Å². The lowest BCUT2D eigenvalue weighted by Crippen LogP contribution is -2.37. The second kappa shape index (κ2) is 4.70. The fourth-order valence-electron chi connectivity index (χ4n) is 1.52. The van der Waals surface area contributed by atoms with Gasteiger partial charge in [-0.05, 0) is 19.3 Å². The minimum absolute atomic E-state index is 0.133. The lowest BCUT2D eigenvalue weighted by molar-refractivity contribution is 0.138. The predicted molar refractivity (Wildman–Crippen MR) is 43.5 cm³/mol. The molecule has 0 saturated heterocycles. The summed E-state index contributed by atoms with van der Waals surface area (Å²) in [7, 11) is 1.69. The van der Waals surface area contributed by atoms with Crippen molar-refractivity contribution in [2.24, 2.45) is 0 Å². The molecule has 1 saturated carbocycles. The van der Waals surface area contributed by atoms with E-state index >= 15 is 0 Å². The molecule has 0 amide bonds. The first kappa shape index (κ1) is 8.97. The summed E-state index contributed by atoms with van der Waals surface area (Å²) in [5, 5.41) is 12.6. The Hall–Kier alpha value is -0.120. The molecule has 1 rings (SSSR count). The number of ether oxygens (including phenoxy) is 1. The molecule has 3 heteroatoms. The largest absolute Gasteiger partial charge is 0.392 e. The standard InChI is InChI=1S/C8H17NO2/c1-11-6-5-9-7-3-2-4-8(7)10/h7-10H,2-6H2,1H3/t7-,8-/m0/s1. The van der Waals surface area contributed by atoms with Gasteiger partial charge in [-0.3, -0.25) is 0 Å². The summed E-state index contributed by atoms with van der Waals surface area (Å²) in [5.74, 6) is 0. The van der Waals surface area contributed by atoms with Gasteiger partial charge in [-0.15, -0.1) is 0 Å². The van der Waals surface area contributed by atoms with Crippen LogP contribution in [0.25, 0.3) is 0 Å². The van der Waals surface area contributed by atoms with E-state index in [9.17, 15) is 5.11 Å². The normalized spacial score (nSPS) is 31.1. The molecule has 1 fully saturated rings. The van der Waals surface area contributed by atoms with Crippen LogP contribution in [0, 0.1) is 0 Å². The maximum absolute atomic E-state index is 9.38. The predicted octanol–water partition coefficient (Wildman–Crippen LogP) is 0.136. The summed E-state index contributed by atoms with van der Waals surface area (Å²) in [5.41, 5.74) is 0. The number of rotatable bonds is 4. The molecule has 2 atom stereocenters. The molecule has 3 nitrogen and oxygen atoms in total. The molecule has 11 heavy (non-hydrogen) atoms. The molecule has 0 radical (unpaired) electrons. The van der Waals surface area contributed by atoms with Gasteiger partial charge in [0.25, 0.3) is 0 Å². The molecule has 0 spiro atoms. The minimum atomic E-state index is -0.133. The van der Waals surface area contributed by atoms with Gasteiger partial charge in [-0.2, -0.15) is 0 Å². The Balaban J connectivity index is 2.05. The van der Waals surface area contributed by atoms with E-state index in [1.807, 2.05) is 0 Å². The molecular weight excluding hydrogens is 142 g/mol. The van der Waals surface area contributed by atoms with Crippen LogP contribution in [0.1, 0.15) is 19.3 Å². The first-order valence-electron chi connectivity index (χ1n) is 4.25. The van der Waals surface area contributed by atoms with Crippen molar-refractivity contribution >= 4 is 0 Å². The maximum Gasteiger partial charge on any atom is 0.0693 e. The smallest absolute Gasteiger partial charge is 0.0693 e. The third kappa shape index (κ3) is 2.77. The van der Waals surface area contributed by atoms with Gasteiger partial charge in [0.2, 0.25) is 0 Å². The molecule has 0 heterocycles. The van der Waals surface area contributed by atoms with Crippen LogP contribution < -0.4 is 5.32 Å². The fraction of sp³-hybridized carbons (Fsp3) is 1.00. The molecule has 0 aromatic carbocycles. The Morgan fingerprint density at radius 1 is 1.55 bits per heavy atom. The van der Waals surface area contributed by atoms with Gasteiger partial charge in [0.1, 0.15) is 0 Å². The number of hydrogen-bond donors (Lipinski definition) is 2. The highest BCUT2D eigenvalue weighted by atomic mass is 16.5. The zero-order valence-electron chi connectivity index (χ0n) is 7.05. The zero-order chi connectivity index (χ0) is 8.10. The molecule has 1 aliphatic carbocycles.